The Kier molecular flexibility index (Phi) is 7.48. The van der Waals surface area contributed by atoms with Gasteiger partial charge in [-0.05, 0) is 60.6 Å². The Bertz CT molecular complexity index is 1190. The summed E-state index contributed by atoms with van der Waals surface area (Å²) in [5.74, 6) is 7.82. The number of carbonyl (C=O) groups is 1. The number of nitrogens with zero attached hydrogens (tertiary/aromatic N) is 1. The third kappa shape index (κ3) is 6.35. The minimum atomic E-state index is -4.53. The van der Waals surface area contributed by atoms with Crippen LogP contribution in [0.4, 0.5) is 18.9 Å². The summed E-state index contributed by atoms with van der Waals surface area (Å²) in [5.41, 5.74) is 0.439. The van der Waals surface area contributed by atoms with Crippen molar-refractivity contribution < 1.29 is 22.7 Å². The molecule has 0 unspecified atom stereocenters. The maximum Gasteiger partial charge on any atom is 0.432 e. The first-order valence-electron chi connectivity index (χ1n) is 10.7. The topological polar surface area (TPSA) is 67.0 Å². The van der Waals surface area contributed by atoms with Gasteiger partial charge in [0.05, 0.1) is 18.5 Å². The van der Waals surface area contributed by atoms with Crippen LogP contribution in [0.3, 0.4) is 0 Å². The van der Waals surface area contributed by atoms with Crippen LogP contribution in [-0.4, -0.2) is 34.0 Å². The standard InChI is InChI=1S/C25H22F3N3O2S/c26-25(27,28)22-15-29-24(31-22)19-7-8-21(33-16-18-10-12-34-13-11-18)20(14-19)30-23(32)9-6-17-4-2-1-3-5-17/h1-5,7-8,14-15,18H,10-13,16H2,(H,29,31)(H,30,32). The molecule has 2 N–H and O–H groups in total. The number of thioether (sulfide) groups is 1. The molecular formula is C25H22F3N3O2S. The van der Waals surface area contributed by atoms with Gasteiger partial charge in [-0.15, -0.1) is 0 Å². The highest BCUT2D eigenvalue weighted by Crippen LogP contribution is 2.33. The maximum absolute atomic E-state index is 13.0. The van der Waals surface area contributed by atoms with Crippen molar-refractivity contribution in [1.29, 1.82) is 0 Å². The van der Waals surface area contributed by atoms with E-state index in [0.717, 1.165) is 30.5 Å². The van der Waals surface area contributed by atoms with Crippen molar-refractivity contribution in [3.8, 4) is 29.0 Å². The summed E-state index contributed by atoms with van der Waals surface area (Å²) in [6.07, 6.45) is -1.68. The van der Waals surface area contributed by atoms with Crippen LogP contribution in [0.25, 0.3) is 11.4 Å². The van der Waals surface area contributed by atoms with Crippen molar-refractivity contribution in [2.45, 2.75) is 19.0 Å². The Morgan fingerprint density at radius 1 is 1.18 bits per heavy atom. The minimum absolute atomic E-state index is 0.0362. The van der Waals surface area contributed by atoms with Crippen LogP contribution in [0.15, 0.2) is 54.7 Å². The Morgan fingerprint density at radius 3 is 2.65 bits per heavy atom. The number of amides is 1. The predicted octanol–water partition coefficient (Wildman–Crippen LogP) is 5.61. The second-order valence-electron chi connectivity index (χ2n) is 7.79. The maximum atomic E-state index is 13.0. The van der Waals surface area contributed by atoms with E-state index in [1.54, 1.807) is 24.3 Å². The van der Waals surface area contributed by atoms with Crippen LogP contribution in [0.5, 0.6) is 5.75 Å². The molecule has 0 radical (unpaired) electrons. The first kappa shape index (κ1) is 23.8. The van der Waals surface area contributed by atoms with Gasteiger partial charge in [-0.1, -0.05) is 24.1 Å². The van der Waals surface area contributed by atoms with Crippen molar-refractivity contribution in [3.05, 3.63) is 66.0 Å². The number of hydrogen-bond donors (Lipinski definition) is 2. The number of anilines is 1. The van der Waals surface area contributed by atoms with Gasteiger partial charge in [0, 0.05) is 17.0 Å². The Hall–Kier alpha value is -3.38. The fraction of sp³-hybridized carbons (Fsp3) is 0.280. The van der Waals surface area contributed by atoms with E-state index in [1.807, 2.05) is 30.0 Å². The van der Waals surface area contributed by atoms with Crippen LogP contribution in [0, 0.1) is 17.8 Å². The summed E-state index contributed by atoms with van der Waals surface area (Å²) >= 11 is 1.92. The van der Waals surface area contributed by atoms with Gasteiger partial charge in [0.15, 0.2) is 0 Å². The smallest absolute Gasteiger partial charge is 0.432 e. The first-order valence-corrected chi connectivity index (χ1v) is 11.9. The molecule has 176 valence electrons. The second kappa shape index (κ2) is 10.7. The molecular weight excluding hydrogens is 463 g/mol. The molecule has 4 rings (SSSR count). The fourth-order valence-electron chi connectivity index (χ4n) is 3.44. The van der Waals surface area contributed by atoms with Crippen molar-refractivity contribution in [1.82, 2.24) is 9.97 Å². The lowest BCUT2D eigenvalue weighted by molar-refractivity contribution is -0.140. The number of hydrogen-bond acceptors (Lipinski definition) is 4. The monoisotopic (exact) mass is 485 g/mol. The van der Waals surface area contributed by atoms with Crippen molar-refractivity contribution in [2.24, 2.45) is 5.92 Å². The zero-order valence-electron chi connectivity index (χ0n) is 18.1. The average molecular weight is 486 g/mol. The molecule has 1 amide bonds. The lowest BCUT2D eigenvalue weighted by Gasteiger charge is -2.22. The number of alkyl halides is 3. The van der Waals surface area contributed by atoms with E-state index in [-0.39, 0.29) is 5.82 Å². The van der Waals surface area contributed by atoms with Crippen LogP contribution in [0.2, 0.25) is 0 Å². The number of aromatic nitrogens is 2. The van der Waals surface area contributed by atoms with Gasteiger partial charge in [0.2, 0.25) is 0 Å². The molecule has 0 spiro atoms. The number of carbonyl (C=O) groups excluding carboxylic acids is 1. The van der Waals surface area contributed by atoms with Crippen molar-refractivity contribution in [3.63, 3.8) is 0 Å². The van der Waals surface area contributed by atoms with E-state index in [1.165, 1.54) is 6.07 Å². The van der Waals surface area contributed by atoms with E-state index < -0.39 is 17.8 Å². The highest BCUT2D eigenvalue weighted by molar-refractivity contribution is 7.99. The molecule has 1 saturated heterocycles. The Labute approximate surface area is 199 Å². The number of benzene rings is 2. The lowest BCUT2D eigenvalue weighted by atomic mass is 10.0. The molecule has 1 aromatic heterocycles. The van der Waals surface area contributed by atoms with E-state index in [2.05, 4.69) is 27.1 Å². The minimum Gasteiger partial charge on any atom is -0.491 e. The molecule has 34 heavy (non-hydrogen) atoms. The summed E-state index contributed by atoms with van der Waals surface area (Å²) in [5, 5.41) is 2.71. The Balaban J connectivity index is 1.57. The van der Waals surface area contributed by atoms with Gasteiger partial charge in [-0.3, -0.25) is 4.79 Å². The highest BCUT2D eigenvalue weighted by atomic mass is 32.2. The zero-order chi connectivity index (χ0) is 24.0. The second-order valence-corrected chi connectivity index (χ2v) is 9.02. The summed E-state index contributed by atoms with van der Waals surface area (Å²) in [4.78, 5) is 18.6. The number of halogens is 3. The highest BCUT2D eigenvalue weighted by Gasteiger charge is 2.33. The number of rotatable bonds is 5. The molecule has 0 aliphatic carbocycles. The SMILES string of the molecule is O=C(C#Cc1ccccc1)Nc1cc(-c2ncc(C(F)(F)F)[nH]2)ccc1OCC1CCSCC1. The van der Waals surface area contributed by atoms with Gasteiger partial charge in [0.25, 0.3) is 0 Å². The number of nitrogens with one attached hydrogen (secondary N) is 2. The van der Waals surface area contributed by atoms with Crippen LogP contribution in [-0.2, 0) is 11.0 Å². The largest absolute Gasteiger partial charge is 0.491 e. The normalized spacial score (nSPS) is 14.2. The number of H-pyrrole nitrogens is 1. The van der Waals surface area contributed by atoms with E-state index in [9.17, 15) is 18.0 Å². The molecule has 0 atom stereocenters. The fourth-order valence-corrected chi connectivity index (χ4v) is 4.64. The molecule has 2 aromatic carbocycles. The number of ether oxygens (including phenoxy) is 1. The summed E-state index contributed by atoms with van der Waals surface area (Å²) < 4.78 is 44.9. The zero-order valence-corrected chi connectivity index (χ0v) is 18.9. The van der Waals surface area contributed by atoms with Crippen molar-refractivity contribution in [2.75, 3.05) is 23.4 Å². The third-order valence-corrected chi connectivity index (χ3v) is 6.34. The molecule has 9 heteroatoms. The lowest BCUT2D eigenvalue weighted by Crippen LogP contribution is -2.18. The molecule has 2 heterocycles. The van der Waals surface area contributed by atoms with Crippen LogP contribution >= 0.6 is 11.8 Å². The van der Waals surface area contributed by atoms with E-state index in [4.69, 9.17) is 4.74 Å². The molecule has 5 nitrogen and oxygen atoms in total. The summed E-state index contributed by atoms with van der Waals surface area (Å²) in [6.45, 7) is 0.497. The molecule has 3 aromatic rings. The molecule has 1 fully saturated rings. The van der Waals surface area contributed by atoms with Gasteiger partial charge in [-0.2, -0.15) is 24.9 Å². The third-order valence-electron chi connectivity index (χ3n) is 5.29. The van der Waals surface area contributed by atoms with E-state index in [0.29, 0.717) is 35.1 Å². The van der Waals surface area contributed by atoms with Crippen LogP contribution in [0.1, 0.15) is 24.1 Å². The summed E-state index contributed by atoms with van der Waals surface area (Å²) in [7, 11) is 0. The Morgan fingerprint density at radius 2 is 1.94 bits per heavy atom. The molecule has 0 bridgehead atoms. The van der Waals surface area contributed by atoms with Gasteiger partial charge < -0.3 is 15.0 Å². The molecule has 0 saturated carbocycles. The van der Waals surface area contributed by atoms with Gasteiger partial charge >= 0.3 is 12.1 Å². The number of aromatic amines is 1. The van der Waals surface area contributed by atoms with Gasteiger partial charge in [-0.25, -0.2) is 4.98 Å². The van der Waals surface area contributed by atoms with Gasteiger partial charge in [0.1, 0.15) is 17.3 Å². The predicted molar refractivity (Wildman–Crippen MR) is 127 cm³/mol. The quantitative estimate of drug-likeness (QED) is 0.461. The number of imidazole rings is 1. The van der Waals surface area contributed by atoms with Crippen LogP contribution < -0.4 is 10.1 Å². The first-order chi connectivity index (χ1) is 16.4. The van der Waals surface area contributed by atoms with E-state index >= 15 is 0 Å². The average Bonchev–Trinajstić information content (AvgIpc) is 3.34. The molecule has 1 aliphatic rings. The van der Waals surface area contributed by atoms with Crippen molar-refractivity contribution >= 4 is 23.4 Å². The molecule has 1 aliphatic heterocycles. The summed E-state index contributed by atoms with van der Waals surface area (Å²) in [6, 6.07) is 13.8.